The van der Waals surface area contributed by atoms with Crippen molar-refractivity contribution in [3.63, 3.8) is 0 Å². The van der Waals surface area contributed by atoms with Crippen LogP contribution < -0.4 is 10.1 Å². The normalized spacial score (nSPS) is 10.1. The highest BCUT2D eigenvalue weighted by atomic mass is 16.5. The van der Waals surface area contributed by atoms with E-state index in [-0.39, 0.29) is 5.91 Å². The summed E-state index contributed by atoms with van der Waals surface area (Å²) in [5.41, 5.74) is 2.45. The number of rotatable bonds is 6. The molecule has 1 N–H and O–H groups in total. The second-order valence-electron chi connectivity index (χ2n) is 4.19. The fourth-order valence-electron chi connectivity index (χ4n) is 1.42. The van der Waals surface area contributed by atoms with Gasteiger partial charge in [0.2, 0.25) is 5.91 Å². The van der Waals surface area contributed by atoms with Gasteiger partial charge in [-0.15, -0.1) is 0 Å². The molecule has 0 unspecified atom stereocenters. The number of amides is 1. The second kappa shape index (κ2) is 6.94. The topological polar surface area (TPSA) is 38.3 Å². The molecule has 94 valence electrons. The second-order valence-corrected chi connectivity index (χ2v) is 4.19. The van der Waals surface area contributed by atoms with E-state index in [1.165, 1.54) is 11.1 Å². The zero-order valence-electron chi connectivity index (χ0n) is 10.9. The molecular weight excluding hydrogens is 214 g/mol. The lowest BCUT2D eigenvalue weighted by Gasteiger charge is -2.08. The molecule has 0 bridgehead atoms. The maximum absolute atomic E-state index is 11.3. The van der Waals surface area contributed by atoms with Crippen LogP contribution in [0.1, 0.15) is 30.9 Å². The van der Waals surface area contributed by atoms with E-state index in [0.29, 0.717) is 13.0 Å². The predicted octanol–water partition coefficient (Wildman–Crippen LogP) is 2.60. The molecule has 0 aliphatic rings. The van der Waals surface area contributed by atoms with Crippen molar-refractivity contribution in [3.05, 3.63) is 29.3 Å². The average molecular weight is 235 g/mol. The van der Waals surface area contributed by atoms with Crippen LogP contribution in [0.2, 0.25) is 0 Å². The first-order valence-corrected chi connectivity index (χ1v) is 6.10. The summed E-state index contributed by atoms with van der Waals surface area (Å²) in [6.45, 7) is 7.32. The Kier molecular flexibility index (Phi) is 5.53. The SMILES string of the molecule is CCCNC(=O)CCOc1ccc(C)c(C)c1. The Hall–Kier alpha value is -1.51. The minimum atomic E-state index is 0.0516. The zero-order chi connectivity index (χ0) is 12.7. The number of ether oxygens (including phenoxy) is 1. The number of nitrogens with one attached hydrogen (secondary N) is 1. The van der Waals surface area contributed by atoms with E-state index in [0.717, 1.165) is 18.7 Å². The molecule has 0 spiro atoms. The molecule has 0 saturated heterocycles. The highest BCUT2D eigenvalue weighted by Crippen LogP contribution is 2.16. The van der Waals surface area contributed by atoms with Crippen molar-refractivity contribution in [3.8, 4) is 5.75 Å². The maximum atomic E-state index is 11.3. The van der Waals surface area contributed by atoms with Crippen LogP contribution in [-0.2, 0) is 4.79 Å². The third kappa shape index (κ3) is 4.89. The minimum Gasteiger partial charge on any atom is -0.493 e. The van der Waals surface area contributed by atoms with Gasteiger partial charge in [0.15, 0.2) is 0 Å². The van der Waals surface area contributed by atoms with Gasteiger partial charge < -0.3 is 10.1 Å². The Morgan fingerprint density at radius 2 is 2.06 bits per heavy atom. The molecule has 3 heteroatoms. The van der Waals surface area contributed by atoms with Crippen LogP contribution in [0.3, 0.4) is 0 Å². The van der Waals surface area contributed by atoms with Crippen LogP contribution in [0.4, 0.5) is 0 Å². The molecular formula is C14H21NO2. The number of carbonyl (C=O) groups is 1. The van der Waals surface area contributed by atoms with Crippen molar-refractivity contribution in [2.45, 2.75) is 33.6 Å². The van der Waals surface area contributed by atoms with Crippen molar-refractivity contribution >= 4 is 5.91 Å². The standard InChI is InChI=1S/C14H21NO2/c1-4-8-15-14(16)7-9-17-13-6-5-11(2)12(3)10-13/h5-6,10H,4,7-9H2,1-3H3,(H,15,16). The lowest BCUT2D eigenvalue weighted by atomic mass is 10.1. The molecule has 3 nitrogen and oxygen atoms in total. The number of aryl methyl sites for hydroxylation is 2. The highest BCUT2D eigenvalue weighted by molar-refractivity contribution is 5.75. The molecule has 0 atom stereocenters. The van der Waals surface area contributed by atoms with Crippen LogP contribution in [0.25, 0.3) is 0 Å². The number of benzene rings is 1. The largest absolute Gasteiger partial charge is 0.493 e. The summed E-state index contributed by atoms with van der Waals surface area (Å²) >= 11 is 0. The minimum absolute atomic E-state index is 0.0516. The number of carbonyl (C=O) groups excluding carboxylic acids is 1. The Balaban J connectivity index is 2.30. The molecule has 0 aromatic heterocycles. The summed E-state index contributed by atoms with van der Waals surface area (Å²) in [6.07, 6.45) is 1.37. The summed E-state index contributed by atoms with van der Waals surface area (Å²) in [7, 11) is 0. The van der Waals surface area contributed by atoms with Gasteiger partial charge >= 0.3 is 0 Å². The Labute approximate surface area is 103 Å². The molecule has 1 aromatic carbocycles. The lowest BCUT2D eigenvalue weighted by Crippen LogP contribution is -2.25. The van der Waals surface area contributed by atoms with Gasteiger partial charge in [-0.2, -0.15) is 0 Å². The van der Waals surface area contributed by atoms with Gasteiger partial charge in [0, 0.05) is 6.54 Å². The van der Waals surface area contributed by atoms with Gasteiger partial charge in [-0.05, 0) is 43.5 Å². The number of hydrogen-bond acceptors (Lipinski definition) is 2. The van der Waals surface area contributed by atoms with Gasteiger partial charge in [0.1, 0.15) is 5.75 Å². The van der Waals surface area contributed by atoms with E-state index in [1.807, 2.05) is 25.1 Å². The van der Waals surface area contributed by atoms with E-state index in [4.69, 9.17) is 4.74 Å². The molecule has 0 radical (unpaired) electrons. The van der Waals surface area contributed by atoms with Crippen molar-refractivity contribution < 1.29 is 9.53 Å². The van der Waals surface area contributed by atoms with Crippen molar-refractivity contribution in [2.75, 3.05) is 13.2 Å². The van der Waals surface area contributed by atoms with Gasteiger partial charge in [-0.25, -0.2) is 0 Å². The lowest BCUT2D eigenvalue weighted by molar-refractivity contribution is -0.121. The maximum Gasteiger partial charge on any atom is 0.223 e. The smallest absolute Gasteiger partial charge is 0.223 e. The first-order chi connectivity index (χ1) is 8.13. The van der Waals surface area contributed by atoms with Gasteiger partial charge in [0.25, 0.3) is 0 Å². The van der Waals surface area contributed by atoms with E-state index < -0.39 is 0 Å². The average Bonchev–Trinajstić information content (AvgIpc) is 2.31. The molecule has 1 amide bonds. The third-order valence-corrected chi connectivity index (χ3v) is 2.65. The molecule has 0 saturated carbocycles. The number of hydrogen-bond donors (Lipinski definition) is 1. The van der Waals surface area contributed by atoms with Crippen LogP contribution in [0.15, 0.2) is 18.2 Å². The highest BCUT2D eigenvalue weighted by Gasteiger charge is 2.01. The van der Waals surface area contributed by atoms with Crippen LogP contribution in [-0.4, -0.2) is 19.1 Å². The summed E-state index contributed by atoms with van der Waals surface area (Å²) in [5, 5.41) is 2.82. The van der Waals surface area contributed by atoms with Crippen molar-refractivity contribution in [1.29, 1.82) is 0 Å². The van der Waals surface area contributed by atoms with E-state index in [1.54, 1.807) is 0 Å². The summed E-state index contributed by atoms with van der Waals surface area (Å²) in [5.74, 6) is 0.882. The molecule has 1 aromatic rings. The molecule has 1 rings (SSSR count). The monoisotopic (exact) mass is 235 g/mol. The fraction of sp³-hybridized carbons (Fsp3) is 0.500. The summed E-state index contributed by atoms with van der Waals surface area (Å²) in [6, 6.07) is 5.97. The quantitative estimate of drug-likeness (QED) is 0.823. The molecule has 0 heterocycles. The first kappa shape index (κ1) is 13.6. The molecule has 0 aliphatic carbocycles. The summed E-state index contributed by atoms with van der Waals surface area (Å²) in [4.78, 5) is 11.3. The van der Waals surface area contributed by atoms with Crippen LogP contribution in [0, 0.1) is 13.8 Å². The van der Waals surface area contributed by atoms with Gasteiger partial charge in [-0.1, -0.05) is 13.0 Å². The molecule has 0 aliphatic heterocycles. The van der Waals surface area contributed by atoms with E-state index in [2.05, 4.69) is 19.2 Å². The van der Waals surface area contributed by atoms with E-state index in [9.17, 15) is 4.79 Å². The molecule has 17 heavy (non-hydrogen) atoms. The van der Waals surface area contributed by atoms with Crippen LogP contribution >= 0.6 is 0 Å². The van der Waals surface area contributed by atoms with Crippen LogP contribution in [0.5, 0.6) is 5.75 Å². The zero-order valence-corrected chi connectivity index (χ0v) is 10.9. The molecule has 0 fully saturated rings. The first-order valence-electron chi connectivity index (χ1n) is 6.10. The Morgan fingerprint density at radius 3 is 2.71 bits per heavy atom. The fourth-order valence-corrected chi connectivity index (χ4v) is 1.42. The van der Waals surface area contributed by atoms with Gasteiger partial charge in [0.05, 0.1) is 13.0 Å². The van der Waals surface area contributed by atoms with Gasteiger partial charge in [-0.3, -0.25) is 4.79 Å². The Bertz CT molecular complexity index is 374. The van der Waals surface area contributed by atoms with Crippen molar-refractivity contribution in [1.82, 2.24) is 5.32 Å². The summed E-state index contributed by atoms with van der Waals surface area (Å²) < 4.78 is 5.53. The van der Waals surface area contributed by atoms with E-state index >= 15 is 0 Å². The van der Waals surface area contributed by atoms with Crippen molar-refractivity contribution in [2.24, 2.45) is 0 Å². The Morgan fingerprint density at radius 1 is 1.29 bits per heavy atom. The predicted molar refractivity (Wildman–Crippen MR) is 69.3 cm³/mol. The third-order valence-electron chi connectivity index (χ3n) is 2.65.